The SMILES string of the molecule is Cc1ccc(C)cc1.[Au]. The fourth-order valence-corrected chi connectivity index (χ4v) is 0.637. The van der Waals surface area contributed by atoms with Crippen LogP contribution >= 0.6 is 0 Å². The summed E-state index contributed by atoms with van der Waals surface area (Å²) in [5, 5.41) is 0. The Morgan fingerprint density at radius 1 is 0.778 bits per heavy atom. The Kier molecular flexibility index (Phi) is 3.87. The van der Waals surface area contributed by atoms with Crippen molar-refractivity contribution in [2.75, 3.05) is 0 Å². The van der Waals surface area contributed by atoms with Gasteiger partial charge in [-0.25, -0.2) is 0 Å². The van der Waals surface area contributed by atoms with Crippen LogP contribution in [0.1, 0.15) is 11.1 Å². The summed E-state index contributed by atoms with van der Waals surface area (Å²) in [6, 6.07) is 8.48. The van der Waals surface area contributed by atoms with Crippen molar-refractivity contribution in [3.8, 4) is 0 Å². The van der Waals surface area contributed by atoms with Crippen LogP contribution in [-0.2, 0) is 22.4 Å². The first-order chi connectivity index (χ1) is 3.79. The molecular weight excluding hydrogens is 293 g/mol. The molecule has 0 fully saturated rings. The van der Waals surface area contributed by atoms with Gasteiger partial charge in [-0.2, -0.15) is 0 Å². The molecule has 0 N–H and O–H groups in total. The molecule has 9 heavy (non-hydrogen) atoms. The fraction of sp³-hybridized carbons (Fsp3) is 0.250. The van der Waals surface area contributed by atoms with Gasteiger partial charge in [-0.05, 0) is 13.8 Å². The third-order valence-corrected chi connectivity index (χ3v) is 1.22. The Morgan fingerprint density at radius 2 is 1.00 bits per heavy atom. The quantitative estimate of drug-likeness (QED) is 0.645. The minimum absolute atomic E-state index is 0. The van der Waals surface area contributed by atoms with E-state index in [1.54, 1.807) is 0 Å². The molecule has 0 amide bonds. The van der Waals surface area contributed by atoms with E-state index in [1.807, 2.05) is 0 Å². The maximum atomic E-state index is 2.12. The normalized spacial score (nSPS) is 8.22. The second-order valence-electron chi connectivity index (χ2n) is 2.15. The predicted octanol–water partition coefficient (Wildman–Crippen LogP) is 2.30. The third kappa shape index (κ3) is 2.85. The Bertz CT molecular complexity index is 143. The number of benzene rings is 1. The first-order valence-corrected chi connectivity index (χ1v) is 2.82. The van der Waals surface area contributed by atoms with E-state index in [0.717, 1.165) is 0 Å². The van der Waals surface area contributed by atoms with E-state index in [4.69, 9.17) is 0 Å². The van der Waals surface area contributed by atoms with E-state index in [2.05, 4.69) is 38.1 Å². The van der Waals surface area contributed by atoms with Gasteiger partial charge >= 0.3 is 0 Å². The van der Waals surface area contributed by atoms with Crippen molar-refractivity contribution in [3.63, 3.8) is 0 Å². The number of hydrogen-bond donors (Lipinski definition) is 0. The molecule has 0 saturated carbocycles. The van der Waals surface area contributed by atoms with Crippen LogP contribution in [0.2, 0.25) is 0 Å². The standard InChI is InChI=1S/C8H10.Au/c1-7-3-5-8(2)6-4-7;/h3-6H,1-2H3;. The molecule has 1 radical (unpaired) electrons. The van der Waals surface area contributed by atoms with Crippen LogP contribution in [0.5, 0.6) is 0 Å². The molecule has 0 aliphatic carbocycles. The van der Waals surface area contributed by atoms with Gasteiger partial charge in [-0.1, -0.05) is 35.4 Å². The maximum Gasteiger partial charge on any atom is 0 e. The summed E-state index contributed by atoms with van der Waals surface area (Å²) in [6.45, 7) is 4.19. The summed E-state index contributed by atoms with van der Waals surface area (Å²) < 4.78 is 0. The van der Waals surface area contributed by atoms with E-state index in [-0.39, 0.29) is 22.4 Å². The zero-order valence-electron chi connectivity index (χ0n) is 5.61. The minimum Gasteiger partial charge on any atom is -0.0591 e. The molecule has 1 rings (SSSR count). The van der Waals surface area contributed by atoms with E-state index >= 15 is 0 Å². The summed E-state index contributed by atoms with van der Waals surface area (Å²) >= 11 is 0. The maximum absolute atomic E-state index is 2.12. The van der Waals surface area contributed by atoms with Crippen LogP contribution in [0, 0.1) is 13.8 Å². The summed E-state index contributed by atoms with van der Waals surface area (Å²) in [6.07, 6.45) is 0. The van der Waals surface area contributed by atoms with E-state index < -0.39 is 0 Å². The number of aryl methyl sites for hydroxylation is 2. The van der Waals surface area contributed by atoms with Crippen LogP contribution in [0.25, 0.3) is 0 Å². The summed E-state index contributed by atoms with van der Waals surface area (Å²) in [4.78, 5) is 0. The van der Waals surface area contributed by atoms with Crippen LogP contribution in [-0.4, -0.2) is 0 Å². The molecule has 0 heterocycles. The summed E-state index contributed by atoms with van der Waals surface area (Å²) in [7, 11) is 0. The molecule has 1 aromatic carbocycles. The van der Waals surface area contributed by atoms with Gasteiger partial charge in [-0.3, -0.25) is 0 Å². The Morgan fingerprint density at radius 3 is 1.22 bits per heavy atom. The van der Waals surface area contributed by atoms with Gasteiger partial charge in [0.05, 0.1) is 0 Å². The van der Waals surface area contributed by atoms with Gasteiger partial charge in [0.15, 0.2) is 0 Å². The molecule has 1 heteroatoms. The van der Waals surface area contributed by atoms with Crippen LogP contribution in [0.3, 0.4) is 0 Å². The van der Waals surface area contributed by atoms with E-state index in [1.165, 1.54) is 11.1 Å². The smallest absolute Gasteiger partial charge is 0 e. The largest absolute Gasteiger partial charge is 0.0591 e. The topological polar surface area (TPSA) is 0 Å². The van der Waals surface area contributed by atoms with Crippen molar-refractivity contribution in [1.29, 1.82) is 0 Å². The molecule has 0 nitrogen and oxygen atoms in total. The minimum atomic E-state index is 0. The molecule has 0 aliphatic rings. The molecule has 0 unspecified atom stereocenters. The van der Waals surface area contributed by atoms with E-state index in [0.29, 0.717) is 0 Å². The Labute approximate surface area is 71.8 Å². The summed E-state index contributed by atoms with van der Waals surface area (Å²) in [5.41, 5.74) is 2.66. The molecule has 1 aromatic rings. The molecular formula is C8H10Au. The average molecular weight is 303 g/mol. The number of rotatable bonds is 0. The van der Waals surface area contributed by atoms with Crippen LogP contribution in [0.4, 0.5) is 0 Å². The molecule has 0 bridgehead atoms. The average Bonchev–Trinajstić information content (AvgIpc) is 1.77. The third-order valence-electron chi connectivity index (χ3n) is 1.22. The van der Waals surface area contributed by atoms with Crippen molar-refractivity contribution in [1.82, 2.24) is 0 Å². The second kappa shape index (κ2) is 3.89. The van der Waals surface area contributed by atoms with Gasteiger partial charge in [0, 0.05) is 22.4 Å². The van der Waals surface area contributed by atoms with E-state index in [9.17, 15) is 0 Å². The zero-order valence-corrected chi connectivity index (χ0v) is 7.78. The first-order valence-electron chi connectivity index (χ1n) is 2.82. The zero-order chi connectivity index (χ0) is 5.98. The van der Waals surface area contributed by atoms with Gasteiger partial charge in [0.2, 0.25) is 0 Å². The van der Waals surface area contributed by atoms with Gasteiger partial charge < -0.3 is 0 Å². The second-order valence-corrected chi connectivity index (χ2v) is 2.15. The predicted molar refractivity (Wildman–Crippen MR) is 35.9 cm³/mol. The molecule has 0 spiro atoms. The van der Waals surface area contributed by atoms with Crippen molar-refractivity contribution < 1.29 is 22.4 Å². The molecule has 0 aliphatic heterocycles. The molecule has 0 aromatic heterocycles. The first kappa shape index (κ1) is 8.96. The monoisotopic (exact) mass is 303 g/mol. The van der Waals surface area contributed by atoms with Gasteiger partial charge in [0.1, 0.15) is 0 Å². The van der Waals surface area contributed by atoms with Crippen molar-refractivity contribution in [2.24, 2.45) is 0 Å². The number of hydrogen-bond acceptors (Lipinski definition) is 0. The van der Waals surface area contributed by atoms with Gasteiger partial charge in [-0.15, -0.1) is 0 Å². The van der Waals surface area contributed by atoms with Crippen molar-refractivity contribution in [3.05, 3.63) is 35.4 Å². The Balaban J connectivity index is 0.000000640. The molecule has 53 valence electrons. The van der Waals surface area contributed by atoms with Crippen LogP contribution < -0.4 is 0 Å². The van der Waals surface area contributed by atoms with Crippen LogP contribution in [0.15, 0.2) is 24.3 Å². The molecule has 0 saturated heterocycles. The summed E-state index contributed by atoms with van der Waals surface area (Å²) in [5.74, 6) is 0. The molecule has 0 atom stereocenters. The Hall–Kier alpha value is -0.0397. The van der Waals surface area contributed by atoms with Gasteiger partial charge in [0.25, 0.3) is 0 Å². The van der Waals surface area contributed by atoms with Crippen molar-refractivity contribution in [2.45, 2.75) is 13.8 Å². The fourth-order valence-electron chi connectivity index (χ4n) is 0.637. The van der Waals surface area contributed by atoms with Crippen molar-refractivity contribution >= 4 is 0 Å².